The van der Waals surface area contributed by atoms with Crippen molar-refractivity contribution in [3.05, 3.63) is 22.6 Å². The van der Waals surface area contributed by atoms with Gasteiger partial charge in [0.1, 0.15) is 12.7 Å². The predicted octanol–water partition coefficient (Wildman–Crippen LogP) is 2.35. The van der Waals surface area contributed by atoms with E-state index in [-0.39, 0.29) is 18.5 Å². The lowest BCUT2D eigenvalue weighted by Crippen LogP contribution is -2.25. The zero-order chi connectivity index (χ0) is 12.5. The third-order valence-corrected chi connectivity index (χ3v) is 2.67. The second-order valence-corrected chi connectivity index (χ2v) is 4.93. The van der Waals surface area contributed by atoms with E-state index in [0.717, 1.165) is 0 Å². The maximum absolute atomic E-state index is 11.5. The second kappa shape index (κ2) is 4.80. The molecule has 1 aliphatic rings. The van der Waals surface area contributed by atoms with E-state index in [1.807, 2.05) is 13.8 Å². The molecule has 1 atom stereocenters. The van der Waals surface area contributed by atoms with E-state index in [2.05, 4.69) is 15.9 Å². The number of halogens is 1. The van der Waals surface area contributed by atoms with Gasteiger partial charge in [-0.25, -0.2) is 4.79 Å². The first-order valence-corrected chi connectivity index (χ1v) is 6.00. The molecule has 6 heteroatoms. The van der Waals surface area contributed by atoms with E-state index < -0.39 is 11.8 Å². The van der Waals surface area contributed by atoms with E-state index in [9.17, 15) is 4.79 Å². The molecule has 2 heterocycles. The van der Waals surface area contributed by atoms with Gasteiger partial charge in [-0.3, -0.25) is 0 Å². The minimum atomic E-state index is -0.606. The number of carbonyl (C=O) groups excluding carboxylic acids is 1. The Labute approximate surface area is 107 Å². The van der Waals surface area contributed by atoms with Crippen LogP contribution >= 0.6 is 15.9 Å². The Morgan fingerprint density at radius 3 is 2.88 bits per heavy atom. The smallest absolute Gasteiger partial charge is 0.374 e. The normalized spacial score (nSPS) is 22.6. The zero-order valence-electron chi connectivity index (χ0n) is 9.57. The fourth-order valence-electron chi connectivity index (χ4n) is 1.51. The molecule has 0 amide bonds. The largest absolute Gasteiger partial charge is 0.457 e. The van der Waals surface area contributed by atoms with Gasteiger partial charge in [-0.05, 0) is 41.9 Å². The van der Waals surface area contributed by atoms with Crippen molar-refractivity contribution in [2.24, 2.45) is 0 Å². The summed E-state index contributed by atoms with van der Waals surface area (Å²) < 4.78 is 21.5. The minimum absolute atomic E-state index is 0.153. The van der Waals surface area contributed by atoms with Crippen LogP contribution in [-0.4, -0.2) is 31.1 Å². The first kappa shape index (κ1) is 12.6. The minimum Gasteiger partial charge on any atom is -0.457 e. The Kier molecular flexibility index (Phi) is 3.56. The fraction of sp³-hybridized carbons (Fsp3) is 0.545. The molecule has 0 bridgehead atoms. The quantitative estimate of drug-likeness (QED) is 0.802. The van der Waals surface area contributed by atoms with Crippen molar-refractivity contribution in [1.29, 1.82) is 0 Å². The number of carbonyl (C=O) groups is 1. The molecule has 5 nitrogen and oxygen atoms in total. The number of hydrogen-bond acceptors (Lipinski definition) is 5. The summed E-state index contributed by atoms with van der Waals surface area (Å²) in [5.74, 6) is -0.954. The molecule has 0 unspecified atom stereocenters. The van der Waals surface area contributed by atoms with Crippen LogP contribution in [0.1, 0.15) is 24.4 Å². The number of esters is 1. The molecule has 0 aromatic carbocycles. The van der Waals surface area contributed by atoms with Crippen molar-refractivity contribution in [2.75, 3.05) is 13.2 Å². The molecule has 1 aromatic rings. The maximum atomic E-state index is 11.5. The standard InChI is InChI=1S/C11H13BrO5/c1-11(2)15-6-7(17-11)5-14-10(13)8-3-4-9(12)16-8/h3-4,7H,5-6H2,1-2H3/t7-/m0/s1. The average Bonchev–Trinajstić information content (AvgIpc) is 2.81. The van der Waals surface area contributed by atoms with E-state index >= 15 is 0 Å². The summed E-state index contributed by atoms with van der Waals surface area (Å²) in [7, 11) is 0. The van der Waals surface area contributed by atoms with Gasteiger partial charge in [0.2, 0.25) is 5.76 Å². The van der Waals surface area contributed by atoms with Crippen LogP contribution in [0.2, 0.25) is 0 Å². The second-order valence-electron chi connectivity index (χ2n) is 4.15. The van der Waals surface area contributed by atoms with Crippen molar-refractivity contribution in [1.82, 2.24) is 0 Å². The van der Waals surface area contributed by atoms with Crippen LogP contribution < -0.4 is 0 Å². The summed E-state index contributed by atoms with van der Waals surface area (Å²) in [6.45, 7) is 4.21. The SMILES string of the molecule is CC1(C)OC[C@H](COC(=O)c2ccc(Br)o2)O1. The van der Waals surface area contributed by atoms with Crippen molar-refractivity contribution < 1.29 is 23.4 Å². The lowest BCUT2D eigenvalue weighted by Gasteiger charge is -2.16. The molecule has 1 aromatic heterocycles. The highest BCUT2D eigenvalue weighted by Crippen LogP contribution is 2.22. The molecular formula is C11H13BrO5. The van der Waals surface area contributed by atoms with Crippen LogP contribution in [0.25, 0.3) is 0 Å². The highest BCUT2D eigenvalue weighted by Gasteiger charge is 2.33. The summed E-state index contributed by atoms with van der Waals surface area (Å²) in [6.07, 6.45) is -0.229. The number of furan rings is 1. The van der Waals surface area contributed by atoms with E-state index in [1.54, 1.807) is 12.1 Å². The van der Waals surface area contributed by atoms with E-state index in [4.69, 9.17) is 18.6 Å². The average molecular weight is 305 g/mol. The first-order valence-electron chi connectivity index (χ1n) is 5.20. The lowest BCUT2D eigenvalue weighted by atomic mass is 10.4. The third-order valence-electron chi connectivity index (χ3n) is 2.24. The first-order chi connectivity index (χ1) is 7.96. The molecule has 2 rings (SSSR count). The van der Waals surface area contributed by atoms with E-state index in [1.165, 1.54) is 0 Å². The zero-order valence-corrected chi connectivity index (χ0v) is 11.2. The molecule has 0 N–H and O–H groups in total. The Morgan fingerprint density at radius 2 is 2.35 bits per heavy atom. The molecule has 0 spiro atoms. The molecule has 1 saturated heterocycles. The van der Waals surface area contributed by atoms with Gasteiger partial charge in [-0.1, -0.05) is 0 Å². The number of ether oxygens (including phenoxy) is 3. The van der Waals surface area contributed by atoms with E-state index in [0.29, 0.717) is 11.3 Å². The summed E-state index contributed by atoms with van der Waals surface area (Å²) in [5.41, 5.74) is 0. The van der Waals surface area contributed by atoms with Crippen LogP contribution in [0.4, 0.5) is 0 Å². The van der Waals surface area contributed by atoms with Gasteiger partial charge in [0.15, 0.2) is 10.5 Å². The van der Waals surface area contributed by atoms with Crippen LogP contribution in [0, 0.1) is 0 Å². The van der Waals surface area contributed by atoms with Gasteiger partial charge < -0.3 is 18.6 Å². The molecule has 0 radical (unpaired) electrons. The summed E-state index contributed by atoms with van der Waals surface area (Å²) in [4.78, 5) is 11.5. The van der Waals surface area contributed by atoms with Crippen molar-refractivity contribution in [3.63, 3.8) is 0 Å². The van der Waals surface area contributed by atoms with Crippen molar-refractivity contribution >= 4 is 21.9 Å². The molecule has 0 saturated carbocycles. The lowest BCUT2D eigenvalue weighted by molar-refractivity contribution is -0.142. The maximum Gasteiger partial charge on any atom is 0.374 e. The highest BCUT2D eigenvalue weighted by atomic mass is 79.9. The van der Waals surface area contributed by atoms with Gasteiger partial charge in [0.25, 0.3) is 0 Å². The highest BCUT2D eigenvalue weighted by molar-refractivity contribution is 9.10. The topological polar surface area (TPSA) is 57.9 Å². The van der Waals surface area contributed by atoms with Gasteiger partial charge >= 0.3 is 5.97 Å². The van der Waals surface area contributed by atoms with Crippen LogP contribution in [0.15, 0.2) is 21.2 Å². The molecule has 94 valence electrons. The number of rotatable bonds is 3. The Hall–Kier alpha value is -0.850. The Balaban J connectivity index is 1.81. The molecule has 17 heavy (non-hydrogen) atoms. The van der Waals surface area contributed by atoms with Gasteiger partial charge in [-0.15, -0.1) is 0 Å². The third kappa shape index (κ3) is 3.31. The molecule has 0 aliphatic carbocycles. The summed E-state index contributed by atoms with van der Waals surface area (Å²) in [5, 5.41) is 0. The predicted molar refractivity (Wildman–Crippen MR) is 61.6 cm³/mol. The van der Waals surface area contributed by atoms with Gasteiger partial charge in [0.05, 0.1) is 6.61 Å². The Bertz CT molecular complexity index is 412. The van der Waals surface area contributed by atoms with Crippen LogP contribution in [-0.2, 0) is 14.2 Å². The van der Waals surface area contributed by atoms with Gasteiger partial charge in [-0.2, -0.15) is 0 Å². The summed E-state index contributed by atoms with van der Waals surface area (Å²) in [6, 6.07) is 3.18. The van der Waals surface area contributed by atoms with Crippen LogP contribution in [0.3, 0.4) is 0 Å². The molecule has 1 fully saturated rings. The van der Waals surface area contributed by atoms with Gasteiger partial charge in [0, 0.05) is 0 Å². The fourth-order valence-corrected chi connectivity index (χ4v) is 1.82. The van der Waals surface area contributed by atoms with Crippen molar-refractivity contribution in [3.8, 4) is 0 Å². The Morgan fingerprint density at radius 1 is 1.59 bits per heavy atom. The monoisotopic (exact) mass is 304 g/mol. The van der Waals surface area contributed by atoms with Crippen LogP contribution in [0.5, 0.6) is 0 Å². The summed E-state index contributed by atoms with van der Waals surface area (Å²) >= 11 is 3.11. The van der Waals surface area contributed by atoms with Crippen molar-refractivity contribution in [2.45, 2.75) is 25.7 Å². The molecular weight excluding hydrogens is 292 g/mol. The molecule has 1 aliphatic heterocycles. The number of hydrogen-bond donors (Lipinski definition) is 0.